The van der Waals surface area contributed by atoms with Crippen molar-refractivity contribution in [2.45, 2.75) is 31.6 Å². The molecular formula is C29H26FNO5S. The van der Waals surface area contributed by atoms with Gasteiger partial charge in [0.15, 0.2) is 5.78 Å². The van der Waals surface area contributed by atoms with E-state index in [1.54, 1.807) is 26.2 Å². The quantitative estimate of drug-likeness (QED) is 0.313. The topological polar surface area (TPSA) is 72.9 Å². The van der Waals surface area contributed by atoms with Gasteiger partial charge in [-0.25, -0.2) is 4.39 Å². The average Bonchev–Trinajstić information content (AvgIpc) is 3.44. The zero-order chi connectivity index (χ0) is 26.1. The van der Waals surface area contributed by atoms with E-state index in [-0.39, 0.29) is 24.7 Å². The smallest absolute Gasteiger partial charge is 0.317 e. The Bertz CT molecular complexity index is 1350. The number of rotatable bonds is 6. The number of Topliss-reactive ketones (excluding diaryl/α,β-unsaturated/α-hetero) is 1. The number of ketones is 1. The van der Waals surface area contributed by atoms with Crippen molar-refractivity contribution in [2.24, 2.45) is 5.92 Å². The highest BCUT2D eigenvalue weighted by Gasteiger charge is 2.50. The van der Waals surface area contributed by atoms with Crippen molar-refractivity contribution in [3.05, 3.63) is 93.6 Å². The van der Waals surface area contributed by atoms with Gasteiger partial charge in [0.1, 0.15) is 17.5 Å². The first kappa shape index (κ1) is 24.9. The molecule has 190 valence electrons. The summed E-state index contributed by atoms with van der Waals surface area (Å²) in [6, 6.07) is 16.7. The molecule has 1 amide bonds. The van der Waals surface area contributed by atoms with Gasteiger partial charge >= 0.3 is 5.97 Å². The molecule has 0 N–H and O–H groups in total. The van der Waals surface area contributed by atoms with Crippen LogP contribution in [0.1, 0.15) is 42.0 Å². The van der Waals surface area contributed by atoms with Crippen molar-refractivity contribution in [1.29, 1.82) is 0 Å². The van der Waals surface area contributed by atoms with Gasteiger partial charge in [-0.2, -0.15) is 0 Å². The minimum atomic E-state index is -1.01. The first-order valence-electron chi connectivity index (χ1n) is 12.1. The summed E-state index contributed by atoms with van der Waals surface area (Å²) in [5.74, 6) is -2.87. The molecular weight excluding hydrogens is 493 g/mol. The second-order valence-corrected chi connectivity index (χ2v) is 10.00. The molecule has 0 fully saturated rings. The Labute approximate surface area is 218 Å². The normalized spacial score (nSPS) is 21.6. The number of amides is 1. The summed E-state index contributed by atoms with van der Waals surface area (Å²) in [5.41, 5.74) is 2.25. The number of esters is 1. The van der Waals surface area contributed by atoms with Gasteiger partial charge < -0.3 is 9.47 Å². The number of anilines is 1. The molecule has 0 unspecified atom stereocenters. The van der Waals surface area contributed by atoms with Crippen LogP contribution in [-0.2, 0) is 19.1 Å². The number of halogens is 1. The predicted octanol–water partition coefficient (Wildman–Crippen LogP) is 5.61. The third-order valence-corrected chi connectivity index (χ3v) is 7.98. The Morgan fingerprint density at radius 2 is 1.78 bits per heavy atom. The fourth-order valence-electron chi connectivity index (χ4n) is 5.31. The van der Waals surface area contributed by atoms with Crippen LogP contribution in [-0.4, -0.2) is 31.4 Å². The summed E-state index contributed by atoms with van der Waals surface area (Å²) >= 11 is 1.46. The Balaban J connectivity index is 1.70. The number of hydrogen-bond donors (Lipinski definition) is 0. The van der Waals surface area contributed by atoms with Gasteiger partial charge in [-0.05, 0) is 66.8 Å². The van der Waals surface area contributed by atoms with E-state index in [1.165, 1.54) is 40.5 Å². The molecule has 2 aromatic carbocycles. The number of thiophene rings is 1. The Morgan fingerprint density at radius 3 is 2.41 bits per heavy atom. The van der Waals surface area contributed by atoms with E-state index in [2.05, 4.69) is 0 Å². The minimum absolute atomic E-state index is 0.0352. The van der Waals surface area contributed by atoms with Gasteiger partial charge in [0.25, 0.3) is 0 Å². The van der Waals surface area contributed by atoms with Crippen LogP contribution < -0.4 is 9.64 Å². The number of nitrogens with zero attached hydrogens (tertiary/aromatic N) is 1. The van der Waals surface area contributed by atoms with Crippen LogP contribution in [0.4, 0.5) is 10.1 Å². The monoisotopic (exact) mass is 519 g/mol. The van der Waals surface area contributed by atoms with Gasteiger partial charge in [-0.3, -0.25) is 19.3 Å². The second-order valence-electron chi connectivity index (χ2n) is 9.02. The van der Waals surface area contributed by atoms with Crippen molar-refractivity contribution in [2.75, 3.05) is 18.6 Å². The lowest BCUT2D eigenvalue weighted by Crippen LogP contribution is -2.46. The molecule has 37 heavy (non-hydrogen) atoms. The van der Waals surface area contributed by atoms with Gasteiger partial charge in [0, 0.05) is 40.1 Å². The van der Waals surface area contributed by atoms with Crippen LogP contribution in [0.2, 0.25) is 0 Å². The standard InChI is InChI=1S/C29H26FNO5S/c1-3-36-29(34)27-22(24-5-4-14-37-24)15-23-26(28(27)33)21(17-6-12-20(35-2)13-7-17)16-25(32)31(23)19-10-8-18(30)9-11-19/h4-14,21-22,27H,3,15-16H2,1-2H3/t21-,22+,27+/m0/s1. The fraction of sp³-hybridized carbons (Fsp3) is 0.276. The lowest BCUT2D eigenvalue weighted by Gasteiger charge is -2.42. The molecule has 8 heteroatoms. The van der Waals surface area contributed by atoms with Crippen molar-refractivity contribution < 1.29 is 28.2 Å². The molecule has 0 spiro atoms. The van der Waals surface area contributed by atoms with E-state index in [1.807, 2.05) is 29.6 Å². The maximum Gasteiger partial charge on any atom is 0.317 e. The zero-order valence-corrected chi connectivity index (χ0v) is 21.3. The van der Waals surface area contributed by atoms with Crippen molar-refractivity contribution in [1.82, 2.24) is 0 Å². The summed E-state index contributed by atoms with van der Waals surface area (Å²) in [7, 11) is 1.57. The van der Waals surface area contributed by atoms with Crippen LogP contribution in [0.3, 0.4) is 0 Å². The van der Waals surface area contributed by atoms with Gasteiger partial charge in [0.2, 0.25) is 5.91 Å². The van der Waals surface area contributed by atoms with Gasteiger partial charge in [-0.1, -0.05) is 18.2 Å². The highest BCUT2D eigenvalue weighted by molar-refractivity contribution is 7.10. The highest BCUT2D eigenvalue weighted by atomic mass is 32.1. The van der Waals surface area contributed by atoms with Crippen LogP contribution in [0.15, 0.2) is 77.3 Å². The zero-order valence-electron chi connectivity index (χ0n) is 20.5. The lowest BCUT2D eigenvalue weighted by molar-refractivity contribution is -0.152. The number of carbonyl (C=O) groups is 3. The molecule has 1 aromatic heterocycles. The third kappa shape index (κ3) is 4.57. The molecule has 0 saturated carbocycles. The minimum Gasteiger partial charge on any atom is -0.497 e. The molecule has 0 bridgehead atoms. The molecule has 1 aliphatic heterocycles. The van der Waals surface area contributed by atoms with E-state index in [9.17, 15) is 18.8 Å². The van der Waals surface area contributed by atoms with E-state index >= 15 is 0 Å². The number of benzene rings is 2. The number of carbonyl (C=O) groups excluding carboxylic acids is 3. The van der Waals surface area contributed by atoms with Crippen molar-refractivity contribution in [3.8, 4) is 5.75 Å². The molecule has 2 aliphatic rings. The first-order chi connectivity index (χ1) is 17.9. The van der Waals surface area contributed by atoms with E-state index < -0.39 is 29.5 Å². The Kier molecular flexibility index (Phi) is 6.93. The number of allylic oxidation sites excluding steroid dienone is 2. The van der Waals surface area contributed by atoms with E-state index in [0.29, 0.717) is 29.1 Å². The van der Waals surface area contributed by atoms with Gasteiger partial charge in [-0.15, -0.1) is 11.3 Å². The fourth-order valence-corrected chi connectivity index (χ4v) is 6.18. The number of ether oxygens (including phenoxy) is 2. The largest absolute Gasteiger partial charge is 0.497 e. The SMILES string of the molecule is CCOC(=O)[C@H]1C(=O)C2=C(C[C@@H]1c1cccs1)N(c1ccc(F)cc1)C(=O)C[C@H]2c1ccc(OC)cc1. The van der Waals surface area contributed by atoms with Crippen molar-refractivity contribution >= 4 is 34.7 Å². The molecule has 5 rings (SSSR count). The molecule has 2 heterocycles. The molecule has 6 nitrogen and oxygen atoms in total. The average molecular weight is 520 g/mol. The molecule has 0 radical (unpaired) electrons. The maximum atomic E-state index is 14.2. The third-order valence-electron chi connectivity index (χ3n) is 6.97. The number of methoxy groups -OCH3 is 1. The lowest BCUT2D eigenvalue weighted by atomic mass is 9.69. The summed E-state index contributed by atoms with van der Waals surface area (Å²) in [6.07, 6.45) is 0.328. The van der Waals surface area contributed by atoms with Gasteiger partial charge in [0.05, 0.1) is 13.7 Å². The van der Waals surface area contributed by atoms with E-state index in [4.69, 9.17) is 9.47 Å². The van der Waals surface area contributed by atoms with Crippen LogP contribution in [0.25, 0.3) is 0 Å². The Morgan fingerprint density at radius 1 is 1.05 bits per heavy atom. The number of hydrogen-bond acceptors (Lipinski definition) is 6. The van der Waals surface area contributed by atoms with Crippen LogP contribution >= 0.6 is 11.3 Å². The summed E-state index contributed by atoms with van der Waals surface area (Å²) in [5, 5.41) is 1.90. The summed E-state index contributed by atoms with van der Waals surface area (Å²) in [6.45, 7) is 1.87. The first-order valence-corrected chi connectivity index (χ1v) is 13.0. The van der Waals surface area contributed by atoms with E-state index in [0.717, 1.165) is 10.4 Å². The summed E-state index contributed by atoms with van der Waals surface area (Å²) < 4.78 is 24.4. The summed E-state index contributed by atoms with van der Waals surface area (Å²) in [4.78, 5) is 43.4. The predicted molar refractivity (Wildman–Crippen MR) is 138 cm³/mol. The molecule has 3 atom stereocenters. The molecule has 0 saturated heterocycles. The van der Waals surface area contributed by atoms with Crippen LogP contribution in [0.5, 0.6) is 5.75 Å². The highest BCUT2D eigenvalue weighted by Crippen LogP contribution is 2.50. The maximum absolute atomic E-state index is 14.2. The molecule has 3 aromatic rings. The van der Waals surface area contributed by atoms with Crippen molar-refractivity contribution in [3.63, 3.8) is 0 Å². The molecule has 1 aliphatic carbocycles. The van der Waals surface area contributed by atoms with Crippen LogP contribution in [0, 0.1) is 11.7 Å². The second kappa shape index (κ2) is 10.3. The Hall–Kier alpha value is -3.78.